The van der Waals surface area contributed by atoms with E-state index in [4.69, 9.17) is 10.00 Å². The van der Waals surface area contributed by atoms with Crippen LogP contribution >= 0.6 is 15.9 Å². The molecule has 0 spiro atoms. The summed E-state index contributed by atoms with van der Waals surface area (Å²) in [6.07, 6.45) is 1.59. The molecule has 98 valence electrons. The molecule has 0 heterocycles. The van der Waals surface area contributed by atoms with Crippen molar-refractivity contribution >= 4 is 15.9 Å². The standard InChI is InChI=1S/C14H17BrFNO/c1-14(2,10-17)6-3-7-18-13-5-4-12(16)8-11(13)9-15/h4-5,8H,3,6-7,9H2,1-2H3. The predicted octanol–water partition coefficient (Wildman–Crippen LogP) is 4.43. The third-order valence-electron chi connectivity index (χ3n) is 2.67. The highest BCUT2D eigenvalue weighted by Gasteiger charge is 2.15. The number of alkyl halides is 1. The van der Waals surface area contributed by atoms with Crippen molar-refractivity contribution in [2.45, 2.75) is 32.0 Å². The number of nitrogens with zero attached hydrogens (tertiary/aromatic N) is 1. The van der Waals surface area contributed by atoms with Crippen LogP contribution in [0.4, 0.5) is 4.39 Å². The van der Waals surface area contributed by atoms with Gasteiger partial charge in [-0.25, -0.2) is 4.39 Å². The number of hydrogen-bond acceptors (Lipinski definition) is 2. The fraction of sp³-hybridized carbons (Fsp3) is 0.500. The van der Waals surface area contributed by atoms with Gasteiger partial charge >= 0.3 is 0 Å². The lowest BCUT2D eigenvalue weighted by atomic mass is 9.90. The predicted molar refractivity (Wildman–Crippen MR) is 73.2 cm³/mol. The molecule has 0 radical (unpaired) electrons. The Morgan fingerprint density at radius 3 is 2.78 bits per heavy atom. The van der Waals surface area contributed by atoms with Crippen LogP contribution in [0.15, 0.2) is 18.2 Å². The van der Waals surface area contributed by atoms with Crippen LogP contribution in [0.1, 0.15) is 32.3 Å². The minimum Gasteiger partial charge on any atom is -0.493 e. The Bertz CT molecular complexity index is 440. The van der Waals surface area contributed by atoms with Crippen molar-refractivity contribution in [1.82, 2.24) is 0 Å². The highest BCUT2D eigenvalue weighted by molar-refractivity contribution is 9.08. The quantitative estimate of drug-likeness (QED) is 0.575. The van der Waals surface area contributed by atoms with E-state index < -0.39 is 0 Å². The largest absolute Gasteiger partial charge is 0.493 e. The van der Waals surface area contributed by atoms with Crippen LogP contribution in [0.5, 0.6) is 5.75 Å². The van der Waals surface area contributed by atoms with Gasteiger partial charge in [-0.05, 0) is 44.9 Å². The Morgan fingerprint density at radius 2 is 2.17 bits per heavy atom. The first-order valence-electron chi connectivity index (χ1n) is 5.87. The average molecular weight is 314 g/mol. The first kappa shape index (κ1) is 15.0. The third kappa shape index (κ3) is 4.66. The minimum atomic E-state index is -0.315. The maximum absolute atomic E-state index is 13.0. The summed E-state index contributed by atoms with van der Waals surface area (Å²) >= 11 is 3.30. The molecule has 0 amide bonds. The molecule has 0 aliphatic rings. The van der Waals surface area contributed by atoms with E-state index in [1.54, 1.807) is 6.07 Å². The van der Waals surface area contributed by atoms with Gasteiger partial charge in [-0.2, -0.15) is 5.26 Å². The number of nitriles is 1. The molecule has 1 aromatic carbocycles. The molecule has 0 unspecified atom stereocenters. The van der Waals surface area contributed by atoms with Gasteiger partial charge in [-0.3, -0.25) is 0 Å². The maximum atomic E-state index is 13.0. The molecule has 18 heavy (non-hydrogen) atoms. The van der Waals surface area contributed by atoms with Gasteiger partial charge in [0.2, 0.25) is 0 Å². The molecule has 0 bridgehead atoms. The van der Waals surface area contributed by atoms with E-state index in [9.17, 15) is 4.39 Å². The minimum absolute atomic E-state index is 0.262. The van der Waals surface area contributed by atoms with Gasteiger partial charge in [-0.1, -0.05) is 15.9 Å². The monoisotopic (exact) mass is 313 g/mol. The van der Waals surface area contributed by atoms with Crippen molar-refractivity contribution in [2.75, 3.05) is 6.61 Å². The van der Waals surface area contributed by atoms with Gasteiger partial charge in [0.05, 0.1) is 18.1 Å². The van der Waals surface area contributed by atoms with Crippen LogP contribution in [0.25, 0.3) is 0 Å². The summed E-state index contributed by atoms with van der Waals surface area (Å²) in [5.74, 6) is 0.436. The molecule has 0 atom stereocenters. The SMILES string of the molecule is CC(C)(C#N)CCCOc1ccc(F)cc1CBr. The molecule has 0 saturated heterocycles. The summed E-state index contributed by atoms with van der Waals surface area (Å²) in [6, 6.07) is 6.75. The van der Waals surface area contributed by atoms with Gasteiger partial charge in [0.1, 0.15) is 11.6 Å². The molecule has 0 N–H and O–H groups in total. The fourth-order valence-corrected chi connectivity index (χ4v) is 1.98. The van der Waals surface area contributed by atoms with E-state index >= 15 is 0 Å². The molecule has 0 aliphatic carbocycles. The Hall–Kier alpha value is -1.08. The Labute approximate surface area is 116 Å². The second-order valence-electron chi connectivity index (χ2n) is 4.83. The normalized spacial score (nSPS) is 11.1. The first-order valence-corrected chi connectivity index (χ1v) is 6.99. The smallest absolute Gasteiger partial charge is 0.123 e. The molecule has 0 saturated carbocycles. The van der Waals surface area contributed by atoms with Crippen LogP contribution in [0.3, 0.4) is 0 Å². The van der Waals surface area contributed by atoms with Crippen LogP contribution in [0.2, 0.25) is 0 Å². The summed E-state index contributed by atoms with van der Waals surface area (Å²) in [6.45, 7) is 4.36. The molecule has 1 aromatic rings. The topological polar surface area (TPSA) is 33.0 Å². The molecule has 0 aromatic heterocycles. The van der Waals surface area contributed by atoms with Crippen molar-refractivity contribution in [1.29, 1.82) is 5.26 Å². The average Bonchev–Trinajstić information content (AvgIpc) is 2.36. The number of rotatable bonds is 6. The van der Waals surface area contributed by atoms with Crippen LogP contribution in [0, 0.1) is 22.6 Å². The Balaban J connectivity index is 2.47. The van der Waals surface area contributed by atoms with E-state index in [1.165, 1.54) is 12.1 Å². The van der Waals surface area contributed by atoms with E-state index in [-0.39, 0.29) is 11.2 Å². The second-order valence-corrected chi connectivity index (χ2v) is 5.39. The van der Waals surface area contributed by atoms with E-state index in [0.717, 1.165) is 18.4 Å². The van der Waals surface area contributed by atoms with Gasteiger partial charge in [0.25, 0.3) is 0 Å². The zero-order valence-electron chi connectivity index (χ0n) is 10.7. The lowest BCUT2D eigenvalue weighted by Gasteiger charge is -2.15. The van der Waals surface area contributed by atoms with Crippen LogP contribution < -0.4 is 4.74 Å². The second kappa shape index (κ2) is 6.75. The third-order valence-corrected chi connectivity index (χ3v) is 3.28. The zero-order chi connectivity index (χ0) is 13.6. The number of hydrogen-bond donors (Lipinski definition) is 0. The van der Waals surface area contributed by atoms with Crippen molar-refractivity contribution in [3.8, 4) is 11.8 Å². The summed E-state index contributed by atoms with van der Waals surface area (Å²) in [4.78, 5) is 0. The number of ether oxygens (including phenoxy) is 1. The molecule has 1 rings (SSSR count). The van der Waals surface area contributed by atoms with E-state index in [1.807, 2.05) is 13.8 Å². The van der Waals surface area contributed by atoms with E-state index in [2.05, 4.69) is 22.0 Å². The maximum Gasteiger partial charge on any atom is 0.123 e. The number of benzene rings is 1. The Morgan fingerprint density at radius 1 is 1.44 bits per heavy atom. The van der Waals surface area contributed by atoms with Gasteiger partial charge in [0.15, 0.2) is 0 Å². The van der Waals surface area contributed by atoms with Crippen LogP contribution in [-0.4, -0.2) is 6.61 Å². The van der Waals surface area contributed by atoms with Crippen LogP contribution in [-0.2, 0) is 5.33 Å². The zero-order valence-corrected chi connectivity index (χ0v) is 12.3. The van der Waals surface area contributed by atoms with Gasteiger partial charge in [-0.15, -0.1) is 0 Å². The van der Waals surface area contributed by atoms with E-state index in [0.29, 0.717) is 17.7 Å². The first-order chi connectivity index (χ1) is 8.48. The van der Waals surface area contributed by atoms with Crippen molar-refractivity contribution in [3.63, 3.8) is 0 Å². The summed E-state index contributed by atoms with van der Waals surface area (Å²) in [7, 11) is 0. The summed E-state index contributed by atoms with van der Waals surface area (Å²) in [5.41, 5.74) is 0.485. The lowest BCUT2D eigenvalue weighted by Crippen LogP contribution is -2.10. The highest BCUT2D eigenvalue weighted by atomic mass is 79.9. The summed E-state index contributed by atoms with van der Waals surface area (Å²) in [5, 5.41) is 9.44. The van der Waals surface area contributed by atoms with Gasteiger partial charge in [0, 0.05) is 10.9 Å². The lowest BCUT2D eigenvalue weighted by molar-refractivity contribution is 0.282. The van der Waals surface area contributed by atoms with Crippen molar-refractivity contribution in [3.05, 3.63) is 29.6 Å². The molecule has 4 heteroatoms. The molecule has 0 fully saturated rings. The van der Waals surface area contributed by atoms with Gasteiger partial charge < -0.3 is 4.74 Å². The van der Waals surface area contributed by atoms with Crippen molar-refractivity contribution in [2.24, 2.45) is 5.41 Å². The molecular formula is C14H17BrFNO. The number of halogens is 2. The fourth-order valence-electron chi connectivity index (χ4n) is 1.55. The molecule has 2 nitrogen and oxygen atoms in total. The molecule has 0 aliphatic heterocycles. The van der Waals surface area contributed by atoms with Crippen molar-refractivity contribution < 1.29 is 9.13 Å². The highest BCUT2D eigenvalue weighted by Crippen LogP contribution is 2.24. The molecular weight excluding hydrogens is 297 g/mol. The summed E-state index contributed by atoms with van der Waals surface area (Å²) < 4.78 is 18.6. The Kier molecular flexibility index (Phi) is 5.61.